The van der Waals surface area contributed by atoms with Crippen molar-refractivity contribution in [1.82, 2.24) is 0 Å². The quantitative estimate of drug-likeness (QED) is 0.754. The van der Waals surface area contributed by atoms with Crippen molar-refractivity contribution >= 4 is 5.78 Å². The third-order valence-corrected chi connectivity index (χ3v) is 3.63. The maximum absolute atomic E-state index is 12.1. The minimum absolute atomic E-state index is 0.123. The molecule has 2 heteroatoms. The molecular weight excluding hydrogens is 174 g/mol. The van der Waals surface area contributed by atoms with E-state index in [1.807, 2.05) is 6.92 Å². The Morgan fingerprint density at radius 2 is 1.79 bits per heavy atom. The molecule has 0 spiro atoms. The molecular formula is C12H23NO. The van der Waals surface area contributed by atoms with Gasteiger partial charge in [0.2, 0.25) is 0 Å². The van der Waals surface area contributed by atoms with Crippen LogP contribution in [0.1, 0.15) is 46.5 Å². The number of ketones is 1. The van der Waals surface area contributed by atoms with Crippen LogP contribution >= 0.6 is 0 Å². The van der Waals surface area contributed by atoms with Crippen LogP contribution in [-0.2, 0) is 4.79 Å². The molecule has 3 unspecified atom stereocenters. The summed E-state index contributed by atoms with van der Waals surface area (Å²) in [6.45, 7) is 6.25. The van der Waals surface area contributed by atoms with Crippen LogP contribution in [-0.4, -0.2) is 11.8 Å². The molecule has 0 aromatic rings. The monoisotopic (exact) mass is 197 g/mol. The molecule has 0 heterocycles. The highest BCUT2D eigenvalue weighted by Crippen LogP contribution is 2.28. The first-order chi connectivity index (χ1) is 6.54. The molecule has 0 radical (unpaired) electrons. The summed E-state index contributed by atoms with van der Waals surface area (Å²) < 4.78 is 0. The molecule has 82 valence electrons. The molecule has 0 bridgehead atoms. The summed E-state index contributed by atoms with van der Waals surface area (Å²) >= 11 is 0. The van der Waals surface area contributed by atoms with Crippen LogP contribution in [0.5, 0.6) is 0 Å². The third-order valence-electron chi connectivity index (χ3n) is 3.63. The van der Waals surface area contributed by atoms with Crippen LogP contribution in [0.25, 0.3) is 0 Å². The zero-order chi connectivity index (χ0) is 10.7. The van der Waals surface area contributed by atoms with Crippen LogP contribution in [0.2, 0.25) is 0 Å². The second-order valence-electron chi connectivity index (χ2n) is 4.99. The Bertz CT molecular complexity index is 200. The van der Waals surface area contributed by atoms with Crippen molar-refractivity contribution in [3.8, 4) is 0 Å². The Kier molecular flexibility index (Phi) is 4.11. The van der Waals surface area contributed by atoms with Crippen LogP contribution in [0, 0.1) is 17.8 Å². The van der Waals surface area contributed by atoms with Crippen LogP contribution in [0.15, 0.2) is 0 Å². The molecule has 0 aromatic heterocycles. The van der Waals surface area contributed by atoms with E-state index in [2.05, 4.69) is 13.8 Å². The Morgan fingerprint density at radius 1 is 1.21 bits per heavy atom. The summed E-state index contributed by atoms with van der Waals surface area (Å²) in [5.41, 5.74) is 6.00. The SMILES string of the molecule is CC(C)C(C)C(=O)C1CCCCC1N. The molecule has 1 aliphatic rings. The lowest BCUT2D eigenvalue weighted by molar-refractivity contribution is -0.129. The lowest BCUT2D eigenvalue weighted by atomic mass is 9.76. The van der Waals surface area contributed by atoms with Gasteiger partial charge in [-0.05, 0) is 18.8 Å². The number of Topliss-reactive ketones (excluding diaryl/α,β-unsaturated/α-hetero) is 1. The van der Waals surface area contributed by atoms with Gasteiger partial charge in [0.25, 0.3) is 0 Å². The van der Waals surface area contributed by atoms with Crippen molar-refractivity contribution in [3.05, 3.63) is 0 Å². The van der Waals surface area contributed by atoms with Crippen molar-refractivity contribution in [3.63, 3.8) is 0 Å². The molecule has 0 saturated heterocycles. The minimum atomic E-state index is 0.123. The fourth-order valence-electron chi connectivity index (χ4n) is 2.18. The topological polar surface area (TPSA) is 43.1 Å². The second kappa shape index (κ2) is 4.92. The summed E-state index contributed by atoms with van der Waals surface area (Å²) in [6.07, 6.45) is 4.41. The van der Waals surface area contributed by atoms with E-state index in [0.29, 0.717) is 11.7 Å². The third kappa shape index (κ3) is 2.57. The second-order valence-corrected chi connectivity index (χ2v) is 4.99. The molecule has 2 N–H and O–H groups in total. The molecule has 1 fully saturated rings. The number of rotatable bonds is 3. The standard InChI is InChI=1S/C12H23NO/c1-8(2)9(3)12(14)10-6-4-5-7-11(10)13/h8-11H,4-7,13H2,1-3H3. The average Bonchev–Trinajstić information content (AvgIpc) is 2.16. The van der Waals surface area contributed by atoms with Gasteiger partial charge in [-0.15, -0.1) is 0 Å². The van der Waals surface area contributed by atoms with E-state index in [4.69, 9.17) is 5.73 Å². The molecule has 14 heavy (non-hydrogen) atoms. The van der Waals surface area contributed by atoms with E-state index >= 15 is 0 Å². The van der Waals surface area contributed by atoms with Crippen molar-refractivity contribution in [2.75, 3.05) is 0 Å². The first-order valence-corrected chi connectivity index (χ1v) is 5.83. The molecule has 1 aliphatic carbocycles. The van der Waals surface area contributed by atoms with Crippen LogP contribution in [0.4, 0.5) is 0 Å². The van der Waals surface area contributed by atoms with Crippen molar-refractivity contribution < 1.29 is 4.79 Å². The lowest BCUT2D eigenvalue weighted by Gasteiger charge is -2.30. The first kappa shape index (κ1) is 11.7. The maximum Gasteiger partial charge on any atom is 0.140 e. The summed E-state index contributed by atoms with van der Waals surface area (Å²) in [4.78, 5) is 12.1. The van der Waals surface area contributed by atoms with E-state index in [-0.39, 0.29) is 17.9 Å². The zero-order valence-electron chi connectivity index (χ0n) is 9.62. The van der Waals surface area contributed by atoms with Gasteiger partial charge < -0.3 is 5.73 Å². The molecule has 2 nitrogen and oxygen atoms in total. The number of carbonyl (C=O) groups excluding carboxylic acids is 1. The Labute approximate surface area is 87.2 Å². The van der Waals surface area contributed by atoms with E-state index in [1.54, 1.807) is 0 Å². The predicted octanol–water partition coefficient (Wildman–Crippen LogP) is 2.37. The smallest absolute Gasteiger partial charge is 0.140 e. The molecule has 0 aromatic carbocycles. The fraction of sp³-hybridized carbons (Fsp3) is 0.917. The Hall–Kier alpha value is -0.370. The van der Waals surface area contributed by atoms with Gasteiger partial charge in [0.1, 0.15) is 5.78 Å². The number of hydrogen-bond acceptors (Lipinski definition) is 2. The van der Waals surface area contributed by atoms with Crippen molar-refractivity contribution in [1.29, 1.82) is 0 Å². The van der Waals surface area contributed by atoms with Gasteiger partial charge in [0.05, 0.1) is 0 Å². The van der Waals surface area contributed by atoms with Gasteiger partial charge in [-0.2, -0.15) is 0 Å². The van der Waals surface area contributed by atoms with Crippen molar-refractivity contribution in [2.45, 2.75) is 52.5 Å². The summed E-state index contributed by atoms with van der Waals surface area (Å²) in [6, 6.07) is 0.123. The Morgan fingerprint density at radius 3 is 2.29 bits per heavy atom. The molecule has 1 saturated carbocycles. The van der Waals surface area contributed by atoms with Gasteiger partial charge in [-0.3, -0.25) is 4.79 Å². The van der Waals surface area contributed by atoms with Gasteiger partial charge in [0, 0.05) is 17.9 Å². The average molecular weight is 197 g/mol. The molecule has 0 aliphatic heterocycles. The molecule has 1 rings (SSSR count). The summed E-state index contributed by atoms with van der Waals surface area (Å²) in [7, 11) is 0. The van der Waals surface area contributed by atoms with E-state index in [1.165, 1.54) is 12.8 Å². The summed E-state index contributed by atoms with van der Waals surface area (Å²) in [5.74, 6) is 1.15. The van der Waals surface area contributed by atoms with E-state index < -0.39 is 0 Å². The zero-order valence-corrected chi connectivity index (χ0v) is 9.62. The van der Waals surface area contributed by atoms with Crippen molar-refractivity contribution in [2.24, 2.45) is 23.5 Å². The van der Waals surface area contributed by atoms with Gasteiger partial charge in [0.15, 0.2) is 0 Å². The van der Waals surface area contributed by atoms with E-state index in [0.717, 1.165) is 12.8 Å². The number of hydrogen-bond donors (Lipinski definition) is 1. The minimum Gasteiger partial charge on any atom is -0.327 e. The Balaban J connectivity index is 2.58. The molecule has 3 atom stereocenters. The largest absolute Gasteiger partial charge is 0.327 e. The maximum atomic E-state index is 12.1. The molecule has 0 amide bonds. The highest BCUT2D eigenvalue weighted by atomic mass is 16.1. The highest BCUT2D eigenvalue weighted by molar-refractivity contribution is 5.84. The first-order valence-electron chi connectivity index (χ1n) is 5.83. The van der Waals surface area contributed by atoms with Crippen LogP contribution in [0.3, 0.4) is 0 Å². The van der Waals surface area contributed by atoms with Gasteiger partial charge in [-0.25, -0.2) is 0 Å². The lowest BCUT2D eigenvalue weighted by Crippen LogP contribution is -2.41. The van der Waals surface area contributed by atoms with Gasteiger partial charge >= 0.3 is 0 Å². The number of carbonyl (C=O) groups is 1. The van der Waals surface area contributed by atoms with Gasteiger partial charge in [-0.1, -0.05) is 33.6 Å². The normalized spacial score (nSPS) is 30.4. The summed E-state index contributed by atoms with van der Waals surface area (Å²) in [5, 5.41) is 0. The fourth-order valence-corrected chi connectivity index (χ4v) is 2.18. The van der Waals surface area contributed by atoms with E-state index in [9.17, 15) is 4.79 Å². The highest BCUT2D eigenvalue weighted by Gasteiger charge is 2.31. The van der Waals surface area contributed by atoms with Crippen LogP contribution < -0.4 is 5.73 Å². The number of nitrogens with two attached hydrogens (primary N) is 1. The predicted molar refractivity (Wildman–Crippen MR) is 58.9 cm³/mol.